The highest BCUT2D eigenvalue weighted by Gasteiger charge is 2.27. The Morgan fingerprint density at radius 3 is 1.64 bits per heavy atom. The van der Waals surface area contributed by atoms with Gasteiger partial charge in [-0.1, -0.05) is 96.8 Å². The molecule has 0 saturated carbocycles. The topological polar surface area (TPSA) is 130 Å². The molecule has 0 amide bonds. The molecule has 0 aromatic rings. The predicted molar refractivity (Wildman–Crippen MR) is 126 cm³/mol. The van der Waals surface area contributed by atoms with Crippen molar-refractivity contribution in [2.45, 2.75) is 128 Å². The molecule has 0 spiro atoms. The summed E-state index contributed by atoms with van der Waals surface area (Å²) in [5, 5.41) is 26.8. The van der Waals surface area contributed by atoms with Gasteiger partial charge in [0, 0.05) is 6.42 Å². The molecular weight excluding hydrogens is 428 g/mol. The van der Waals surface area contributed by atoms with Crippen molar-refractivity contribution in [3.05, 3.63) is 0 Å². The molecule has 0 aromatic heterocycles. The van der Waals surface area contributed by atoms with Crippen molar-refractivity contribution in [2.24, 2.45) is 0 Å². The summed E-state index contributed by atoms with van der Waals surface area (Å²) in [4.78, 5) is 34.8. The number of aliphatic hydroxyl groups is 2. The van der Waals surface area contributed by atoms with Gasteiger partial charge in [0.15, 0.2) is 0 Å². The monoisotopic (exact) mass is 474 g/mol. The van der Waals surface area contributed by atoms with Crippen LogP contribution in [0.2, 0.25) is 0 Å². The van der Waals surface area contributed by atoms with Gasteiger partial charge in [0.05, 0.1) is 13.0 Å². The number of carbonyl (C=O) groups is 3. The summed E-state index contributed by atoms with van der Waals surface area (Å²) >= 11 is 0. The van der Waals surface area contributed by atoms with Crippen LogP contribution in [-0.4, -0.2) is 58.6 Å². The summed E-state index contributed by atoms with van der Waals surface area (Å²) < 4.78 is 9.67. The molecule has 0 aliphatic carbocycles. The van der Waals surface area contributed by atoms with Crippen LogP contribution in [0.3, 0.4) is 0 Å². The lowest BCUT2D eigenvalue weighted by Gasteiger charge is -2.16. The van der Waals surface area contributed by atoms with E-state index in [0.29, 0.717) is 6.42 Å². The standard InChI is InChI=1S/C25H46O8/c1-2-3-4-5-6-7-8-9-10-11-12-13-14-15-16-17-24(30)33-22(18-23(28)29)25(31)32-20-21(27)19-26/h21-22,26-27H,2-20H2,1H3,(H,28,29). The second-order valence-corrected chi connectivity index (χ2v) is 8.74. The Hall–Kier alpha value is -1.67. The molecule has 0 aliphatic rings. The van der Waals surface area contributed by atoms with E-state index in [0.717, 1.165) is 19.3 Å². The number of aliphatic carboxylic acids is 1. The summed E-state index contributed by atoms with van der Waals surface area (Å²) in [6.45, 7) is 1.14. The molecule has 2 unspecified atom stereocenters. The zero-order valence-electron chi connectivity index (χ0n) is 20.5. The minimum atomic E-state index is -1.56. The van der Waals surface area contributed by atoms with Gasteiger partial charge < -0.3 is 24.8 Å². The van der Waals surface area contributed by atoms with Gasteiger partial charge in [-0.25, -0.2) is 4.79 Å². The lowest BCUT2D eigenvalue weighted by molar-refractivity contribution is -0.173. The van der Waals surface area contributed by atoms with Crippen LogP contribution in [0.4, 0.5) is 0 Å². The van der Waals surface area contributed by atoms with Crippen molar-refractivity contribution in [1.29, 1.82) is 0 Å². The highest BCUT2D eigenvalue weighted by Crippen LogP contribution is 2.14. The molecule has 2 atom stereocenters. The average Bonchev–Trinajstić information content (AvgIpc) is 2.78. The van der Waals surface area contributed by atoms with E-state index in [1.807, 2.05) is 0 Å². The number of unbranched alkanes of at least 4 members (excludes halogenated alkanes) is 14. The lowest BCUT2D eigenvalue weighted by atomic mass is 10.0. The second kappa shape index (κ2) is 22.1. The molecule has 0 radical (unpaired) electrons. The van der Waals surface area contributed by atoms with Gasteiger partial charge in [0.25, 0.3) is 0 Å². The molecular formula is C25H46O8. The van der Waals surface area contributed by atoms with Crippen LogP contribution in [0.15, 0.2) is 0 Å². The smallest absolute Gasteiger partial charge is 0.348 e. The van der Waals surface area contributed by atoms with E-state index in [-0.39, 0.29) is 6.42 Å². The van der Waals surface area contributed by atoms with Crippen LogP contribution in [0.5, 0.6) is 0 Å². The molecule has 0 heterocycles. The Bertz CT molecular complexity index is 509. The van der Waals surface area contributed by atoms with Crippen molar-refractivity contribution in [1.82, 2.24) is 0 Å². The first-order chi connectivity index (χ1) is 15.9. The van der Waals surface area contributed by atoms with Crippen LogP contribution in [0.1, 0.15) is 116 Å². The highest BCUT2D eigenvalue weighted by atomic mass is 16.6. The van der Waals surface area contributed by atoms with E-state index < -0.39 is 49.8 Å². The van der Waals surface area contributed by atoms with Crippen molar-refractivity contribution in [3.63, 3.8) is 0 Å². The Morgan fingerprint density at radius 2 is 1.21 bits per heavy atom. The Kier molecular flexibility index (Phi) is 21.0. The minimum Gasteiger partial charge on any atom is -0.481 e. The van der Waals surface area contributed by atoms with E-state index >= 15 is 0 Å². The largest absolute Gasteiger partial charge is 0.481 e. The van der Waals surface area contributed by atoms with Gasteiger partial charge in [-0.2, -0.15) is 0 Å². The minimum absolute atomic E-state index is 0.112. The Morgan fingerprint density at radius 1 is 0.758 bits per heavy atom. The summed E-state index contributed by atoms with van der Waals surface area (Å²) in [6, 6.07) is 0. The van der Waals surface area contributed by atoms with Gasteiger partial charge in [0.2, 0.25) is 6.10 Å². The fourth-order valence-corrected chi connectivity index (χ4v) is 3.51. The van der Waals surface area contributed by atoms with Gasteiger partial charge in [-0.05, 0) is 6.42 Å². The fourth-order valence-electron chi connectivity index (χ4n) is 3.51. The maximum Gasteiger partial charge on any atom is 0.348 e. The molecule has 194 valence electrons. The molecule has 0 aromatic carbocycles. The molecule has 8 nitrogen and oxygen atoms in total. The maximum absolute atomic E-state index is 12.0. The molecule has 0 fully saturated rings. The van der Waals surface area contributed by atoms with Crippen LogP contribution in [-0.2, 0) is 23.9 Å². The molecule has 0 rings (SSSR count). The Balaban J connectivity index is 3.75. The van der Waals surface area contributed by atoms with Crippen LogP contribution < -0.4 is 0 Å². The number of carbonyl (C=O) groups excluding carboxylic acids is 2. The number of aliphatic hydroxyl groups excluding tert-OH is 2. The number of carboxylic acids is 1. The second-order valence-electron chi connectivity index (χ2n) is 8.74. The lowest BCUT2D eigenvalue weighted by Crippen LogP contribution is -2.33. The van der Waals surface area contributed by atoms with Gasteiger partial charge in [0.1, 0.15) is 12.7 Å². The number of rotatable bonds is 23. The van der Waals surface area contributed by atoms with Crippen LogP contribution in [0, 0.1) is 0 Å². The third kappa shape index (κ3) is 20.7. The first-order valence-corrected chi connectivity index (χ1v) is 12.8. The normalized spacial score (nSPS) is 12.8. The van der Waals surface area contributed by atoms with Crippen molar-refractivity contribution < 1.29 is 39.2 Å². The van der Waals surface area contributed by atoms with E-state index in [4.69, 9.17) is 19.7 Å². The third-order valence-electron chi connectivity index (χ3n) is 5.51. The third-order valence-corrected chi connectivity index (χ3v) is 5.51. The maximum atomic E-state index is 12.0. The number of esters is 2. The first kappa shape index (κ1) is 31.3. The van der Waals surface area contributed by atoms with E-state index in [9.17, 15) is 19.5 Å². The number of carboxylic acid groups (broad SMARTS) is 1. The van der Waals surface area contributed by atoms with Crippen molar-refractivity contribution in [2.75, 3.05) is 13.2 Å². The van der Waals surface area contributed by atoms with Crippen molar-refractivity contribution >= 4 is 17.9 Å². The first-order valence-electron chi connectivity index (χ1n) is 12.8. The van der Waals surface area contributed by atoms with Gasteiger partial charge in [-0.3, -0.25) is 9.59 Å². The quantitative estimate of drug-likeness (QED) is 0.145. The molecule has 33 heavy (non-hydrogen) atoms. The van der Waals surface area contributed by atoms with Crippen LogP contribution >= 0.6 is 0 Å². The van der Waals surface area contributed by atoms with E-state index in [1.54, 1.807) is 0 Å². The summed E-state index contributed by atoms with van der Waals surface area (Å²) in [5.74, 6) is -3.00. The molecule has 0 aliphatic heterocycles. The summed E-state index contributed by atoms with van der Waals surface area (Å²) in [7, 11) is 0. The zero-order valence-corrected chi connectivity index (χ0v) is 20.5. The number of ether oxygens (including phenoxy) is 2. The van der Waals surface area contributed by atoms with E-state index in [2.05, 4.69) is 6.92 Å². The van der Waals surface area contributed by atoms with Crippen molar-refractivity contribution in [3.8, 4) is 0 Å². The summed E-state index contributed by atoms with van der Waals surface area (Å²) in [5.41, 5.74) is 0. The average molecular weight is 475 g/mol. The van der Waals surface area contributed by atoms with E-state index in [1.165, 1.54) is 70.6 Å². The zero-order chi connectivity index (χ0) is 24.7. The fraction of sp³-hybridized carbons (Fsp3) is 0.880. The molecule has 0 bridgehead atoms. The summed E-state index contributed by atoms with van der Waals surface area (Å²) in [6.07, 6.45) is 14.8. The molecule has 3 N–H and O–H groups in total. The Labute approximate surface area is 199 Å². The van der Waals surface area contributed by atoms with Crippen LogP contribution in [0.25, 0.3) is 0 Å². The highest BCUT2D eigenvalue weighted by molar-refractivity contribution is 5.83. The van der Waals surface area contributed by atoms with Gasteiger partial charge >= 0.3 is 17.9 Å². The number of hydrogen-bond donors (Lipinski definition) is 3. The predicted octanol–water partition coefficient (Wildman–Crippen LogP) is 4.53. The molecule has 0 saturated heterocycles. The molecule has 8 heteroatoms. The SMILES string of the molecule is CCCCCCCCCCCCCCCCCC(=O)OC(CC(=O)O)C(=O)OCC(O)CO. The number of hydrogen-bond acceptors (Lipinski definition) is 7. The van der Waals surface area contributed by atoms with Gasteiger partial charge in [-0.15, -0.1) is 0 Å².